The summed E-state index contributed by atoms with van der Waals surface area (Å²) in [7, 11) is 0. The normalized spacial score (nSPS) is 16.2. The van der Waals surface area contributed by atoms with Crippen LogP contribution >= 0.6 is 11.3 Å². The predicted molar refractivity (Wildman–Crippen MR) is 152 cm³/mol. The van der Waals surface area contributed by atoms with Crippen molar-refractivity contribution < 1.29 is 14.4 Å². The van der Waals surface area contributed by atoms with E-state index in [-0.39, 0.29) is 17.7 Å². The molecule has 1 N–H and O–H groups in total. The Morgan fingerprint density at radius 1 is 0.763 bits per heavy atom. The standard InChI is InChI=1S/C30H34N4O3S/c1-22-8-10-23(11-9-22)29(36)34-17-6-16-32(18-19-34)26-13-12-24(31-28(35)27-7-5-20-38-27)21-25(26)30(37)33-14-3-2-4-15-33/h5,7-13,20-21H,2-4,6,14-19H2,1H3,(H,31,35). The number of thiophene rings is 1. The second-order valence-corrected chi connectivity index (χ2v) is 11.0. The van der Waals surface area contributed by atoms with E-state index in [1.165, 1.54) is 11.3 Å². The van der Waals surface area contributed by atoms with E-state index in [2.05, 4.69) is 10.2 Å². The minimum absolute atomic E-state index is 0.00348. The molecule has 2 saturated heterocycles. The van der Waals surface area contributed by atoms with E-state index < -0.39 is 0 Å². The summed E-state index contributed by atoms with van der Waals surface area (Å²) in [5.41, 5.74) is 3.91. The second kappa shape index (κ2) is 11.8. The second-order valence-electron chi connectivity index (χ2n) is 10.0. The zero-order valence-corrected chi connectivity index (χ0v) is 22.6. The number of piperidine rings is 1. The molecule has 2 aromatic carbocycles. The van der Waals surface area contributed by atoms with Crippen molar-refractivity contribution in [1.82, 2.24) is 9.80 Å². The first-order valence-corrected chi connectivity index (χ1v) is 14.3. The van der Waals surface area contributed by atoms with Crippen LogP contribution in [0.2, 0.25) is 0 Å². The van der Waals surface area contributed by atoms with Crippen LogP contribution in [-0.4, -0.2) is 66.8 Å². The smallest absolute Gasteiger partial charge is 0.265 e. The van der Waals surface area contributed by atoms with E-state index in [1.54, 1.807) is 6.07 Å². The summed E-state index contributed by atoms with van der Waals surface area (Å²) in [6.07, 6.45) is 3.97. The molecule has 8 heteroatoms. The number of carbonyl (C=O) groups excluding carboxylic acids is 3. The fourth-order valence-electron chi connectivity index (χ4n) is 5.17. The van der Waals surface area contributed by atoms with E-state index >= 15 is 0 Å². The van der Waals surface area contributed by atoms with E-state index in [4.69, 9.17) is 0 Å². The number of rotatable bonds is 5. The van der Waals surface area contributed by atoms with Crippen molar-refractivity contribution in [2.24, 2.45) is 0 Å². The van der Waals surface area contributed by atoms with Crippen molar-refractivity contribution in [3.63, 3.8) is 0 Å². The number of hydrogen-bond acceptors (Lipinski definition) is 5. The van der Waals surface area contributed by atoms with Crippen molar-refractivity contribution in [2.75, 3.05) is 49.5 Å². The largest absolute Gasteiger partial charge is 0.369 e. The number of hydrogen-bond donors (Lipinski definition) is 1. The van der Waals surface area contributed by atoms with E-state index in [0.717, 1.165) is 56.6 Å². The van der Waals surface area contributed by atoms with Crippen molar-refractivity contribution in [3.05, 3.63) is 81.5 Å². The molecule has 3 amide bonds. The van der Waals surface area contributed by atoms with Gasteiger partial charge in [-0.1, -0.05) is 23.8 Å². The Hall–Kier alpha value is -3.65. The summed E-state index contributed by atoms with van der Waals surface area (Å²) in [6.45, 7) is 6.16. The summed E-state index contributed by atoms with van der Waals surface area (Å²) >= 11 is 1.39. The van der Waals surface area contributed by atoms with Gasteiger partial charge in [-0.15, -0.1) is 11.3 Å². The maximum absolute atomic E-state index is 13.7. The third-order valence-corrected chi connectivity index (χ3v) is 8.16. The Labute approximate surface area is 228 Å². The molecule has 0 bridgehead atoms. The van der Waals surface area contributed by atoms with E-state index in [9.17, 15) is 14.4 Å². The minimum atomic E-state index is -0.177. The molecule has 0 unspecified atom stereocenters. The lowest BCUT2D eigenvalue weighted by molar-refractivity contribution is 0.0723. The van der Waals surface area contributed by atoms with Crippen molar-refractivity contribution in [3.8, 4) is 0 Å². The number of likely N-dealkylation sites (tertiary alicyclic amines) is 1. The van der Waals surface area contributed by atoms with E-state index in [0.29, 0.717) is 41.3 Å². The van der Waals surface area contributed by atoms with Crippen molar-refractivity contribution in [1.29, 1.82) is 0 Å². The van der Waals surface area contributed by atoms with Crippen LogP contribution in [0.15, 0.2) is 60.0 Å². The van der Waals surface area contributed by atoms with Gasteiger partial charge in [0.1, 0.15) is 0 Å². The lowest BCUT2D eigenvalue weighted by Crippen LogP contribution is -2.38. The van der Waals surface area contributed by atoms with Gasteiger partial charge in [-0.3, -0.25) is 14.4 Å². The van der Waals surface area contributed by atoms with Gasteiger partial charge < -0.3 is 20.0 Å². The molecule has 0 spiro atoms. The quantitative estimate of drug-likeness (QED) is 0.487. The van der Waals surface area contributed by atoms with Crippen LogP contribution in [0.25, 0.3) is 0 Å². The lowest BCUT2D eigenvalue weighted by atomic mass is 10.1. The molecule has 0 aliphatic carbocycles. The van der Waals surface area contributed by atoms with Gasteiger partial charge in [0.25, 0.3) is 17.7 Å². The van der Waals surface area contributed by atoms with Gasteiger partial charge in [0.15, 0.2) is 0 Å². The van der Waals surface area contributed by atoms with Crippen LogP contribution < -0.4 is 10.2 Å². The molecule has 7 nitrogen and oxygen atoms in total. The Morgan fingerprint density at radius 2 is 1.50 bits per heavy atom. The van der Waals surface area contributed by atoms with Crippen LogP contribution in [0, 0.1) is 6.92 Å². The van der Waals surface area contributed by atoms with Gasteiger partial charge in [-0.25, -0.2) is 0 Å². The molecule has 0 saturated carbocycles. The summed E-state index contributed by atoms with van der Waals surface area (Å²) in [6, 6.07) is 17.0. The SMILES string of the molecule is Cc1ccc(C(=O)N2CCCN(c3ccc(NC(=O)c4cccs4)cc3C(=O)N3CCCCC3)CC2)cc1. The highest BCUT2D eigenvalue weighted by molar-refractivity contribution is 7.12. The first-order valence-electron chi connectivity index (χ1n) is 13.4. The molecule has 0 atom stereocenters. The maximum Gasteiger partial charge on any atom is 0.265 e. The molecule has 0 radical (unpaired) electrons. The number of carbonyl (C=O) groups is 3. The number of anilines is 2. The minimum Gasteiger partial charge on any atom is -0.369 e. The van der Waals surface area contributed by atoms with Crippen LogP contribution in [0.3, 0.4) is 0 Å². The monoisotopic (exact) mass is 530 g/mol. The number of nitrogens with zero attached hydrogens (tertiary/aromatic N) is 3. The van der Waals surface area contributed by atoms with Crippen molar-refractivity contribution in [2.45, 2.75) is 32.6 Å². The zero-order chi connectivity index (χ0) is 26.5. The number of aryl methyl sites for hydroxylation is 1. The van der Waals surface area contributed by atoms with Gasteiger partial charge in [0.2, 0.25) is 0 Å². The Kier molecular flexibility index (Phi) is 8.08. The molecule has 198 valence electrons. The number of benzene rings is 2. The summed E-state index contributed by atoms with van der Waals surface area (Å²) in [4.78, 5) is 46.2. The van der Waals surface area contributed by atoms with Gasteiger partial charge in [0, 0.05) is 56.2 Å². The molecule has 2 fully saturated rings. The fourth-order valence-corrected chi connectivity index (χ4v) is 5.79. The molecule has 2 aliphatic heterocycles. The van der Waals surface area contributed by atoms with Crippen LogP contribution in [0.4, 0.5) is 11.4 Å². The highest BCUT2D eigenvalue weighted by Crippen LogP contribution is 2.29. The third kappa shape index (κ3) is 5.91. The van der Waals surface area contributed by atoms with Gasteiger partial charge >= 0.3 is 0 Å². The molecule has 1 aromatic heterocycles. The van der Waals surface area contributed by atoms with Crippen LogP contribution in [0.1, 0.15) is 61.6 Å². The molecule has 2 aliphatic rings. The molecular formula is C30H34N4O3S. The topological polar surface area (TPSA) is 73.0 Å². The first-order chi connectivity index (χ1) is 18.5. The molecular weight excluding hydrogens is 496 g/mol. The molecule has 38 heavy (non-hydrogen) atoms. The fraction of sp³-hybridized carbons (Fsp3) is 0.367. The average molecular weight is 531 g/mol. The molecule has 3 aromatic rings. The number of nitrogens with one attached hydrogen (secondary N) is 1. The summed E-state index contributed by atoms with van der Waals surface area (Å²) in [5, 5.41) is 4.83. The first kappa shape index (κ1) is 26.0. The zero-order valence-electron chi connectivity index (χ0n) is 21.8. The summed E-state index contributed by atoms with van der Waals surface area (Å²) < 4.78 is 0. The Balaban J connectivity index is 1.37. The molecule has 5 rings (SSSR count). The maximum atomic E-state index is 13.7. The Morgan fingerprint density at radius 3 is 2.24 bits per heavy atom. The van der Waals surface area contributed by atoms with Crippen LogP contribution in [-0.2, 0) is 0 Å². The Bertz CT molecular complexity index is 1280. The predicted octanol–water partition coefficient (Wildman–Crippen LogP) is 5.29. The summed E-state index contributed by atoms with van der Waals surface area (Å²) in [5.74, 6) is -0.129. The van der Waals surface area contributed by atoms with E-state index in [1.807, 2.05) is 70.6 Å². The van der Waals surface area contributed by atoms with Crippen molar-refractivity contribution >= 4 is 40.4 Å². The number of amides is 3. The molecule has 3 heterocycles. The highest BCUT2D eigenvalue weighted by atomic mass is 32.1. The average Bonchev–Trinajstić information content (AvgIpc) is 3.39. The highest BCUT2D eigenvalue weighted by Gasteiger charge is 2.26. The third-order valence-electron chi connectivity index (χ3n) is 7.30. The van der Waals surface area contributed by atoms with Gasteiger partial charge in [-0.2, -0.15) is 0 Å². The lowest BCUT2D eigenvalue weighted by Gasteiger charge is -2.30. The van der Waals surface area contributed by atoms with Gasteiger partial charge in [0.05, 0.1) is 10.4 Å². The van der Waals surface area contributed by atoms with Gasteiger partial charge in [-0.05, 0) is 74.4 Å². The van der Waals surface area contributed by atoms with Crippen LogP contribution in [0.5, 0.6) is 0 Å².